The van der Waals surface area contributed by atoms with Crippen molar-refractivity contribution in [3.8, 4) is 0 Å². The van der Waals surface area contributed by atoms with E-state index in [1.165, 1.54) is 25.7 Å². The van der Waals surface area contributed by atoms with Gasteiger partial charge in [0.1, 0.15) is 5.54 Å². The first kappa shape index (κ1) is 14.8. The largest absolute Gasteiger partial charge is 0.468 e. The van der Waals surface area contributed by atoms with E-state index in [1.54, 1.807) is 0 Å². The summed E-state index contributed by atoms with van der Waals surface area (Å²) in [6.07, 6.45) is 5.47. The third kappa shape index (κ3) is 3.88. The summed E-state index contributed by atoms with van der Waals surface area (Å²) >= 11 is 2.02. The van der Waals surface area contributed by atoms with Crippen molar-refractivity contribution in [3.63, 3.8) is 0 Å². The number of carbonyl (C=O) groups excluding carboxylic acids is 1. The van der Waals surface area contributed by atoms with Crippen LogP contribution in [0, 0.1) is 0 Å². The van der Waals surface area contributed by atoms with Gasteiger partial charge in [-0.15, -0.1) is 0 Å². The molecule has 0 radical (unpaired) electrons. The highest BCUT2D eigenvalue weighted by molar-refractivity contribution is 7.99. The third-order valence-corrected chi connectivity index (χ3v) is 4.81. The average Bonchev–Trinajstić information content (AvgIpc) is 2.74. The Morgan fingerprint density at radius 3 is 2.88 bits per heavy atom. The van der Waals surface area contributed by atoms with Gasteiger partial charge >= 0.3 is 5.97 Å². The standard InChI is InChI=1S/C13H25NO2S/c1-4-6-9-17-11-7-8-13(10-11,14-5-2)12(15)16-3/h11,14H,4-10H2,1-3H3. The Labute approximate surface area is 109 Å². The number of hydrogen-bond donors (Lipinski definition) is 1. The van der Waals surface area contributed by atoms with Gasteiger partial charge in [0.05, 0.1) is 7.11 Å². The Hall–Kier alpha value is -0.220. The zero-order chi connectivity index (χ0) is 12.7. The highest BCUT2D eigenvalue weighted by Gasteiger charge is 2.45. The molecule has 1 saturated carbocycles. The van der Waals surface area contributed by atoms with Gasteiger partial charge in [-0.2, -0.15) is 11.8 Å². The molecule has 1 N–H and O–H groups in total. The van der Waals surface area contributed by atoms with Gasteiger partial charge in [-0.25, -0.2) is 0 Å². The first-order valence-corrected chi connectivity index (χ1v) is 7.68. The molecular weight excluding hydrogens is 234 g/mol. The van der Waals surface area contributed by atoms with Crippen molar-refractivity contribution in [1.82, 2.24) is 5.32 Å². The van der Waals surface area contributed by atoms with Crippen molar-refractivity contribution >= 4 is 17.7 Å². The lowest BCUT2D eigenvalue weighted by molar-refractivity contribution is -0.148. The number of unbranched alkanes of at least 4 members (excludes halogenated alkanes) is 1. The molecule has 1 rings (SSSR count). The van der Waals surface area contributed by atoms with Crippen molar-refractivity contribution in [1.29, 1.82) is 0 Å². The van der Waals surface area contributed by atoms with Crippen LogP contribution in [-0.2, 0) is 9.53 Å². The molecule has 0 saturated heterocycles. The zero-order valence-corrected chi connectivity index (χ0v) is 12.1. The van der Waals surface area contributed by atoms with Crippen molar-refractivity contribution in [3.05, 3.63) is 0 Å². The molecule has 0 aromatic heterocycles. The highest BCUT2D eigenvalue weighted by atomic mass is 32.2. The molecule has 0 aliphatic heterocycles. The summed E-state index contributed by atoms with van der Waals surface area (Å²) in [4.78, 5) is 11.9. The normalized spacial score (nSPS) is 28.3. The second-order valence-corrected chi connectivity index (χ2v) is 6.10. The van der Waals surface area contributed by atoms with E-state index in [-0.39, 0.29) is 5.97 Å². The lowest BCUT2D eigenvalue weighted by Crippen LogP contribution is -2.50. The number of rotatable bonds is 7. The van der Waals surface area contributed by atoms with Gasteiger partial charge in [-0.3, -0.25) is 4.79 Å². The lowest BCUT2D eigenvalue weighted by Gasteiger charge is -2.27. The molecular formula is C13H25NO2S. The second kappa shape index (κ2) is 7.27. The van der Waals surface area contributed by atoms with Gasteiger partial charge < -0.3 is 10.1 Å². The quantitative estimate of drug-likeness (QED) is 0.563. The van der Waals surface area contributed by atoms with Crippen LogP contribution in [0.1, 0.15) is 46.0 Å². The van der Waals surface area contributed by atoms with Crippen LogP contribution in [-0.4, -0.2) is 36.2 Å². The SMILES string of the molecule is CCCCSC1CCC(NCC)(C(=O)OC)C1. The second-order valence-electron chi connectivity index (χ2n) is 4.69. The maximum Gasteiger partial charge on any atom is 0.326 e. The van der Waals surface area contributed by atoms with Crippen LogP contribution in [0.2, 0.25) is 0 Å². The van der Waals surface area contributed by atoms with Crippen molar-refractivity contribution in [2.24, 2.45) is 0 Å². The maximum atomic E-state index is 11.9. The van der Waals surface area contributed by atoms with Crippen LogP contribution in [0.4, 0.5) is 0 Å². The number of hydrogen-bond acceptors (Lipinski definition) is 4. The number of nitrogens with one attached hydrogen (secondary N) is 1. The summed E-state index contributed by atoms with van der Waals surface area (Å²) in [6.45, 7) is 5.08. The van der Waals surface area contributed by atoms with Gasteiger partial charge in [0.15, 0.2) is 0 Å². The van der Waals surface area contributed by atoms with Gasteiger partial charge in [-0.1, -0.05) is 20.3 Å². The molecule has 4 heteroatoms. The molecule has 0 aromatic rings. The third-order valence-electron chi connectivity index (χ3n) is 3.41. The maximum absolute atomic E-state index is 11.9. The fourth-order valence-corrected chi connectivity index (χ4v) is 3.96. The van der Waals surface area contributed by atoms with Gasteiger partial charge in [0, 0.05) is 5.25 Å². The number of methoxy groups -OCH3 is 1. The molecule has 1 aliphatic rings. The highest BCUT2D eigenvalue weighted by Crippen LogP contribution is 2.38. The van der Waals surface area contributed by atoms with Crippen molar-refractivity contribution in [2.75, 3.05) is 19.4 Å². The first-order chi connectivity index (χ1) is 8.18. The van der Waals surface area contributed by atoms with E-state index in [1.807, 2.05) is 18.7 Å². The lowest BCUT2D eigenvalue weighted by atomic mass is 9.98. The summed E-state index contributed by atoms with van der Waals surface area (Å²) in [5.74, 6) is 1.13. The minimum Gasteiger partial charge on any atom is -0.468 e. The van der Waals surface area contributed by atoms with Crippen molar-refractivity contribution in [2.45, 2.75) is 56.7 Å². The molecule has 2 atom stereocenters. The Balaban J connectivity index is 2.49. The first-order valence-electron chi connectivity index (χ1n) is 6.63. The molecule has 0 spiro atoms. The number of ether oxygens (including phenoxy) is 1. The molecule has 1 fully saturated rings. The Bertz CT molecular complexity index is 248. The summed E-state index contributed by atoms with van der Waals surface area (Å²) in [7, 11) is 1.49. The van der Waals surface area contributed by atoms with Crippen LogP contribution in [0.5, 0.6) is 0 Å². The predicted octanol–water partition coefficient (Wildman–Crippen LogP) is 2.59. The van der Waals surface area contributed by atoms with Gasteiger partial charge in [0.2, 0.25) is 0 Å². The number of likely N-dealkylation sites (N-methyl/N-ethyl adjacent to an activating group) is 1. The smallest absolute Gasteiger partial charge is 0.326 e. The number of carbonyl (C=O) groups is 1. The van der Waals surface area contributed by atoms with Gasteiger partial charge in [-0.05, 0) is 38.0 Å². The summed E-state index contributed by atoms with van der Waals surface area (Å²) in [5, 5.41) is 3.95. The minimum absolute atomic E-state index is 0.0852. The Morgan fingerprint density at radius 1 is 1.53 bits per heavy atom. The van der Waals surface area contributed by atoms with Crippen LogP contribution in [0.25, 0.3) is 0 Å². The van der Waals surface area contributed by atoms with E-state index >= 15 is 0 Å². The molecule has 2 unspecified atom stereocenters. The zero-order valence-electron chi connectivity index (χ0n) is 11.3. The molecule has 100 valence electrons. The Morgan fingerprint density at radius 2 is 2.29 bits per heavy atom. The molecule has 0 bridgehead atoms. The van der Waals surface area contributed by atoms with Crippen LogP contribution in [0.15, 0.2) is 0 Å². The topological polar surface area (TPSA) is 38.3 Å². The monoisotopic (exact) mass is 259 g/mol. The summed E-state index contributed by atoms with van der Waals surface area (Å²) < 4.78 is 4.95. The average molecular weight is 259 g/mol. The van der Waals surface area contributed by atoms with E-state index in [9.17, 15) is 4.79 Å². The predicted molar refractivity (Wildman–Crippen MR) is 73.4 cm³/mol. The van der Waals surface area contributed by atoms with Crippen LogP contribution >= 0.6 is 11.8 Å². The van der Waals surface area contributed by atoms with E-state index in [0.29, 0.717) is 5.25 Å². The number of esters is 1. The van der Waals surface area contributed by atoms with Gasteiger partial charge in [0.25, 0.3) is 0 Å². The summed E-state index contributed by atoms with van der Waals surface area (Å²) in [6, 6.07) is 0. The fourth-order valence-electron chi connectivity index (χ4n) is 2.49. The van der Waals surface area contributed by atoms with Crippen molar-refractivity contribution < 1.29 is 9.53 Å². The molecule has 3 nitrogen and oxygen atoms in total. The van der Waals surface area contributed by atoms with Crippen LogP contribution < -0.4 is 5.32 Å². The fraction of sp³-hybridized carbons (Fsp3) is 0.923. The molecule has 0 heterocycles. The molecule has 17 heavy (non-hydrogen) atoms. The van der Waals surface area contributed by atoms with Crippen LogP contribution in [0.3, 0.4) is 0 Å². The molecule has 1 aliphatic carbocycles. The molecule has 0 amide bonds. The summed E-state index contributed by atoms with van der Waals surface area (Å²) in [5.41, 5.74) is -0.409. The Kier molecular flexibility index (Phi) is 6.34. The van der Waals surface area contributed by atoms with E-state index in [2.05, 4.69) is 12.2 Å². The van der Waals surface area contributed by atoms with E-state index < -0.39 is 5.54 Å². The number of thioether (sulfide) groups is 1. The van der Waals surface area contributed by atoms with E-state index in [4.69, 9.17) is 4.74 Å². The molecule has 0 aromatic carbocycles. The minimum atomic E-state index is -0.409. The van der Waals surface area contributed by atoms with E-state index in [0.717, 1.165) is 25.8 Å².